The molecule has 0 saturated carbocycles. The van der Waals surface area contributed by atoms with Crippen molar-refractivity contribution in [3.63, 3.8) is 0 Å². The largest absolute Gasteiger partial charge is 2.00 e. The average Bonchev–Trinajstić information content (AvgIpc) is 0.722. The molecule has 0 saturated heterocycles. The van der Waals surface area contributed by atoms with Crippen LogP contribution in [-0.4, -0.2) is 0 Å². The van der Waals surface area contributed by atoms with Crippen LogP contribution in [0.15, 0.2) is 0 Å². The number of halogens is 1. The van der Waals surface area contributed by atoms with Crippen molar-refractivity contribution in [2.24, 2.45) is 0 Å². The van der Waals surface area contributed by atoms with Crippen LogP contribution >= 0.6 is 7.91 Å². The van der Waals surface area contributed by atoms with E-state index in [1.807, 2.05) is 0 Å². The summed E-state index contributed by atoms with van der Waals surface area (Å²) in [5, 5.41) is 0. The van der Waals surface area contributed by atoms with Crippen LogP contribution in [0.25, 0.3) is 0 Å². The smallest absolute Gasteiger partial charge is 0.786 e. The fourth-order valence-corrected chi connectivity index (χ4v) is 0. The molecule has 0 rings (SSSR count). The molecule has 0 heterocycles. The van der Waals surface area contributed by atoms with Gasteiger partial charge in [-0.25, -0.2) is 4.20 Å². The second kappa shape index (κ2) is 5.34. The van der Waals surface area contributed by atoms with E-state index in [9.17, 15) is 4.20 Å². The minimum atomic E-state index is -5.64. The summed E-state index contributed by atoms with van der Waals surface area (Å²) in [4.78, 5) is 16.9. The van der Waals surface area contributed by atoms with Crippen LogP contribution in [0, 0.1) is 0 Å². The van der Waals surface area contributed by atoms with Gasteiger partial charge in [-0.15, -0.1) is 0 Å². The normalized spacial score (nSPS) is 8.43. The van der Waals surface area contributed by atoms with E-state index < -0.39 is 7.91 Å². The molecule has 0 aliphatic heterocycles. The summed E-state index contributed by atoms with van der Waals surface area (Å²) in [6, 6.07) is 0. The van der Waals surface area contributed by atoms with Crippen LogP contribution in [0.4, 0.5) is 4.20 Å². The van der Waals surface area contributed by atoms with E-state index in [2.05, 4.69) is 0 Å². The molecule has 0 aromatic heterocycles. The zero-order chi connectivity index (χ0) is 4.50. The summed E-state index contributed by atoms with van der Waals surface area (Å²) in [6.07, 6.45) is 0. The first kappa shape index (κ1) is 15.7. The third kappa shape index (κ3) is 136. The topological polar surface area (TPSA) is 63.2 Å². The van der Waals surface area contributed by atoms with Gasteiger partial charge in [0.1, 0.15) is 7.91 Å². The van der Waals surface area contributed by atoms with Crippen molar-refractivity contribution in [1.82, 2.24) is 0 Å². The molecule has 0 amide bonds. The third-order valence-electron chi connectivity index (χ3n) is 0. The van der Waals surface area contributed by atoms with Gasteiger partial charge < -0.3 is 14.4 Å². The molecule has 0 aliphatic carbocycles. The second-order valence-corrected chi connectivity index (χ2v) is 1.29. The predicted molar refractivity (Wildman–Crippen MR) is 8.71 cm³/mol. The second-order valence-electron chi connectivity index (χ2n) is 0.431. The van der Waals surface area contributed by atoms with Crippen LogP contribution in [0.3, 0.4) is 0 Å². The van der Waals surface area contributed by atoms with Gasteiger partial charge in [-0.1, -0.05) is 0 Å². The Morgan fingerprint density at radius 2 is 1.43 bits per heavy atom. The van der Waals surface area contributed by atoms with Gasteiger partial charge in [0, 0.05) is 0 Å². The molecule has 3 nitrogen and oxygen atoms in total. The zero-order valence-corrected chi connectivity index (χ0v) is 5.40. The van der Waals surface area contributed by atoms with E-state index in [-0.39, 0.29) is 35.9 Å². The molecule has 0 aliphatic rings. The fraction of sp³-hybridized carbons (Fsp3) is 0. The average molecular weight is 161 g/mol. The Hall–Kier alpha value is 1.20. The van der Waals surface area contributed by atoms with Gasteiger partial charge in [0.25, 0.3) is 0 Å². The van der Waals surface area contributed by atoms with Crippen molar-refractivity contribution in [2.45, 2.75) is 0 Å². The molecule has 0 spiro atoms. The Bertz CT molecular complexity index is 61.1. The molecule has 0 aromatic rings. The summed E-state index contributed by atoms with van der Waals surface area (Å²) in [6.45, 7) is 0. The van der Waals surface area contributed by atoms with Crippen molar-refractivity contribution in [1.29, 1.82) is 0 Å². The third-order valence-corrected chi connectivity index (χ3v) is 0. The Labute approximate surface area is 62.6 Å². The maximum absolute atomic E-state index is 10.1. The van der Waals surface area contributed by atoms with Gasteiger partial charge >= 0.3 is 35.9 Å². The quantitative estimate of drug-likeness (QED) is 0.267. The van der Waals surface area contributed by atoms with Crippen LogP contribution in [-0.2, 0) is 21.6 Å². The number of hydrogen-bond donors (Lipinski definition) is 0. The first-order valence-electron chi connectivity index (χ1n) is 0.717. The number of rotatable bonds is 0. The molecule has 0 bridgehead atoms. The zero-order valence-electron chi connectivity index (χ0n) is 3.40. The molecule has 0 radical (unpaired) electrons. The van der Waals surface area contributed by atoms with E-state index >= 15 is 0 Å². The van der Waals surface area contributed by atoms with Crippen LogP contribution in [0.2, 0.25) is 0 Å². The Balaban J connectivity index is -0.0000000800. The monoisotopic (exact) mass is 161 g/mol. The standard InChI is InChI=1S/FH2O3P.Fe.Li/c1-5(2,3)4;;/h(H2,2,3,4);;/q;+2;+1/p-2. The van der Waals surface area contributed by atoms with Crippen LogP contribution in [0.5, 0.6) is 0 Å². The summed E-state index contributed by atoms with van der Waals surface area (Å²) < 4.78 is 18.6. The summed E-state index contributed by atoms with van der Waals surface area (Å²) in [7, 11) is -5.64. The van der Waals surface area contributed by atoms with E-state index in [0.29, 0.717) is 0 Å². The molecule has 0 aromatic carbocycles. The van der Waals surface area contributed by atoms with Gasteiger partial charge in [-0.2, -0.15) is 0 Å². The van der Waals surface area contributed by atoms with Gasteiger partial charge in [-0.05, 0) is 0 Å². The van der Waals surface area contributed by atoms with Crippen molar-refractivity contribution < 1.29 is 54.5 Å². The molecule has 0 fully saturated rings. The number of hydrogen-bond acceptors (Lipinski definition) is 3. The summed E-state index contributed by atoms with van der Waals surface area (Å²) >= 11 is 0. The van der Waals surface area contributed by atoms with Crippen molar-refractivity contribution in [3.8, 4) is 0 Å². The molecule has 0 unspecified atom stereocenters. The van der Waals surface area contributed by atoms with E-state index in [0.717, 1.165) is 0 Å². The fourth-order valence-electron chi connectivity index (χ4n) is 0. The minimum absolute atomic E-state index is 0. The molecular formula is FFeLiO3P+. The van der Waals surface area contributed by atoms with Crippen LogP contribution < -0.4 is 28.6 Å². The Morgan fingerprint density at radius 1 is 1.43 bits per heavy atom. The van der Waals surface area contributed by atoms with Crippen molar-refractivity contribution >= 4 is 7.91 Å². The molecule has 7 heteroatoms. The maximum atomic E-state index is 10.1. The summed E-state index contributed by atoms with van der Waals surface area (Å²) in [5.74, 6) is 0. The van der Waals surface area contributed by atoms with E-state index in [4.69, 9.17) is 14.4 Å². The van der Waals surface area contributed by atoms with Crippen molar-refractivity contribution in [2.75, 3.05) is 0 Å². The first-order valence-corrected chi connectivity index (χ1v) is 2.15. The Morgan fingerprint density at radius 3 is 1.43 bits per heavy atom. The first-order chi connectivity index (χ1) is 2.00. The van der Waals surface area contributed by atoms with Crippen molar-refractivity contribution in [3.05, 3.63) is 0 Å². The molecule has 7 heavy (non-hydrogen) atoms. The minimum Gasteiger partial charge on any atom is -0.786 e. The van der Waals surface area contributed by atoms with E-state index in [1.54, 1.807) is 0 Å². The van der Waals surface area contributed by atoms with Gasteiger partial charge in [0.15, 0.2) is 0 Å². The predicted octanol–water partition coefficient (Wildman–Crippen LogP) is -4.21. The molecule has 38 valence electrons. The molecular weight excluding hydrogens is 161 g/mol. The SMILES string of the molecule is O=P([O-])([O-])F.[Fe+2].[Li+]. The van der Waals surface area contributed by atoms with Gasteiger partial charge in [-0.3, -0.25) is 0 Å². The van der Waals surface area contributed by atoms with Crippen LogP contribution in [0.1, 0.15) is 0 Å². The molecule has 0 atom stereocenters. The summed E-state index contributed by atoms with van der Waals surface area (Å²) in [5.41, 5.74) is 0. The Kier molecular flexibility index (Phi) is 12.0. The van der Waals surface area contributed by atoms with Gasteiger partial charge in [0.05, 0.1) is 0 Å². The van der Waals surface area contributed by atoms with Gasteiger partial charge in [0.2, 0.25) is 0 Å². The maximum Gasteiger partial charge on any atom is 2.00 e. The molecule has 0 N–H and O–H groups in total. The van der Waals surface area contributed by atoms with E-state index in [1.165, 1.54) is 0 Å².